The van der Waals surface area contributed by atoms with E-state index in [1.54, 1.807) is 67.0 Å². The number of methoxy groups -OCH3 is 1. The van der Waals surface area contributed by atoms with Crippen molar-refractivity contribution in [3.05, 3.63) is 108 Å². The third-order valence-electron chi connectivity index (χ3n) is 6.82. The maximum Gasteiger partial charge on any atom is 0.257 e. The van der Waals surface area contributed by atoms with Crippen LogP contribution >= 0.6 is 0 Å². The molecule has 1 aliphatic heterocycles. The third-order valence-corrected chi connectivity index (χ3v) is 6.82. The molecule has 1 aliphatic rings. The van der Waals surface area contributed by atoms with Crippen molar-refractivity contribution < 1.29 is 23.5 Å². The van der Waals surface area contributed by atoms with E-state index in [1.165, 1.54) is 12.0 Å². The molecule has 9 heteroatoms. The van der Waals surface area contributed by atoms with Crippen LogP contribution in [0.2, 0.25) is 0 Å². The van der Waals surface area contributed by atoms with Crippen molar-refractivity contribution in [3.63, 3.8) is 0 Å². The van der Waals surface area contributed by atoms with Crippen LogP contribution in [0, 0.1) is 0 Å². The number of amides is 3. The van der Waals surface area contributed by atoms with Gasteiger partial charge in [0, 0.05) is 30.1 Å². The monoisotopic (exact) mass is 532 g/mol. The molecule has 0 radical (unpaired) electrons. The zero-order valence-corrected chi connectivity index (χ0v) is 21.6. The first-order valence-electron chi connectivity index (χ1n) is 12.7. The van der Waals surface area contributed by atoms with Crippen LogP contribution in [-0.4, -0.2) is 45.7 Å². The van der Waals surface area contributed by atoms with Gasteiger partial charge >= 0.3 is 0 Å². The van der Waals surface area contributed by atoms with E-state index in [0.29, 0.717) is 34.0 Å². The first kappa shape index (κ1) is 25.0. The van der Waals surface area contributed by atoms with Gasteiger partial charge in [0.15, 0.2) is 5.58 Å². The molecule has 40 heavy (non-hydrogen) atoms. The van der Waals surface area contributed by atoms with Crippen LogP contribution in [0.3, 0.4) is 0 Å². The largest absolute Gasteiger partial charge is 0.497 e. The van der Waals surface area contributed by atoms with Gasteiger partial charge < -0.3 is 14.1 Å². The van der Waals surface area contributed by atoms with Crippen LogP contribution in [-0.2, 0) is 16.1 Å². The summed E-state index contributed by atoms with van der Waals surface area (Å²) in [5.74, 6) is -0.293. The molecular weight excluding hydrogens is 508 g/mol. The normalized spacial score (nSPS) is 15.0. The Hall–Kier alpha value is -5.31. The Kier molecular flexibility index (Phi) is 6.53. The zero-order valence-electron chi connectivity index (χ0n) is 21.6. The van der Waals surface area contributed by atoms with Crippen molar-refractivity contribution in [2.45, 2.75) is 19.0 Å². The molecule has 0 N–H and O–H groups in total. The summed E-state index contributed by atoms with van der Waals surface area (Å²) in [5.41, 5.74) is 3.62. The molecule has 0 aliphatic carbocycles. The predicted molar refractivity (Wildman–Crippen MR) is 147 cm³/mol. The van der Waals surface area contributed by atoms with Crippen LogP contribution in [0.1, 0.15) is 22.3 Å². The fourth-order valence-corrected chi connectivity index (χ4v) is 4.81. The minimum absolute atomic E-state index is 0.109. The van der Waals surface area contributed by atoms with Crippen LogP contribution in [0.4, 0.5) is 5.69 Å². The average Bonchev–Trinajstić information content (AvgIpc) is 3.56. The Morgan fingerprint density at radius 1 is 1.02 bits per heavy atom. The Labute approximate surface area is 229 Å². The van der Waals surface area contributed by atoms with Crippen molar-refractivity contribution >= 4 is 34.5 Å². The second kappa shape index (κ2) is 10.5. The lowest BCUT2D eigenvalue weighted by Gasteiger charge is -2.28. The fourth-order valence-electron chi connectivity index (χ4n) is 4.81. The molecule has 3 amide bonds. The molecule has 3 heterocycles. The molecular formula is C31H24N4O5. The van der Waals surface area contributed by atoms with Gasteiger partial charge in [0.2, 0.25) is 11.8 Å². The zero-order chi connectivity index (χ0) is 27.6. The van der Waals surface area contributed by atoms with E-state index in [2.05, 4.69) is 9.97 Å². The number of hydrogen-bond acceptors (Lipinski definition) is 7. The summed E-state index contributed by atoms with van der Waals surface area (Å²) in [4.78, 5) is 51.8. The topological polar surface area (TPSA) is 106 Å². The molecule has 1 fully saturated rings. The number of para-hydroxylation sites is 2. The molecule has 9 nitrogen and oxygen atoms in total. The van der Waals surface area contributed by atoms with Gasteiger partial charge in [-0.3, -0.25) is 19.4 Å². The number of nitrogens with zero attached hydrogens (tertiary/aromatic N) is 4. The van der Waals surface area contributed by atoms with Crippen molar-refractivity contribution in [2.24, 2.45) is 0 Å². The van der Waals surface area contributed by atoms with E-state index >= 15 is 0 Å². The van der Waals surface area contributed by atoms with Gasteiger partial charge in [-0.15, -0.1) is 0 Å². The van der Waals surface area contributed by atoms with E-state index < -0.39 is 11.9 Å². The Morgan fingerprint density at radius 2 is 1.85 bits per heavy atom. The van der Waals surface area contributed by atoms with Crippen LogP contribution in [0.15, 0.2) is 102 Å². The lowest BCUT2D eigenvalue weighted by molar-refractivity contribution is -0.122. The molecule has 0 spiro atoms. The van der Waals surface area contributed by atoms with E-state index in [-0.39, 0.29) is 24.8 Å². The lowest BCUT2D eigenvalue weighted by Crippen LogP contribution is -2.45. The second-order valence-electron chi connectivity index (χ2n) is 9.35. The van der Waals surface area contributed by atoms with Crippen molar-refractivity contribution in [2.75, 3.05) is 12.0 Å². The Balaban J connectivity index is 1.29. The van der Waals surface area contributed by atoms with Crippen molar-refractivity contribution in [1.29, 1.82) is 0 Å². The van der Waals surface area contributed by atoms with Gasteiger partial charge in [-0.2, -0.15) is 0 Å². The van der Waals surface area contributed by atoms with Crippen LogP contribution in [0.5, 0.6) is 5.75 Å². The van der Waals surface area contributed by atoms with Crippen molar-refractivity contribution in [1.82, 2.24) is 14.9 Å². The van der Waals surface area contributed by atoms with Gasteiger partial charge in [-0.25, -0.2) is 9.88 Å². The Bertz CT molecular complexity index is 1680. The SMILES string of the molecule is COc1cccc(C(=O)N(Cc2cccnc2)C2CC(=O)N(c3ccc(-c4nc5ccccc5o4)cc3)C2=O)c1. The summed E-state index contributed by atoms with van der Waals surface area (Å²) in [7, 11) is 1.52. The number of rotatable bonds is 7. The predicted octanol–water partition coefficient (Wildman–Crippen LogP) is 4.87. The smallest absolute Gasteiger partial charge is 0.257 e. The highest BCUT2D eigenvalue weighted by Gasteiger charge is 2.44. The molecule has 3 aromatic carbocycles. The fraction of sp³-hybridized carbons (Fsp3) is 0.129. The lowest BCUT2D eigenvalue weighted by atomic mass is 10.1. The van der Waals surface area contributed by atoms with E-state index in [0.717, 1.165) is 16.0 Å². The highest BCUT2D eigenvalue weighted by Crippen LogP contribution is 2.31. The van der Waals surface area contributed by atoms with Crippen molar-refractivity contribution in [3.8, 4) is 17.2 Å². The van der Waals surface area contributed by atoms with Gasteiger partial charge in [0.25, 0.3) is 11.8 Å². The molecule has 5 aromatic rings. The summed E-state index contributed by atoms with van der Waals surface area (Å²) < 4.78 is 11.1. The standard InChI is InChI=1S/C31H24N4O5/c1-39-24-8-4-7-22(16-24)30(37)34(19-20-6-5-15-32-18-20)26-17-28(36)35(31(26)38)23-13-11-21(12-14-23)29-33-25-9-2-3-10-27(25)40-29/h2-16,18,26H,17,19H2,1H3. The maximum atomic E-state index is 13.7. The highest BCUT2D eigenvalue weighted by atomic mass is 16.5. The molecule has 6 rings (SSSR count). The quantitative estimate of drug-likeness (QED) is 0.275. The number of anilines is 1. The summed E-state index contributed by atoms with van der Waals surface area (Å²) in [6, 6.07) is 23.6. The number of carbonyl (C=O) groups is 3. The summed E-state index contributed by atoms with van der Waals surface area (Å²) in [5, 5.41) is 0. The molecule has 1 atom stereocenters. The number of oxazole rings is 1. The molecule has 0 saturated carbocycles. The summed E-state index contributed by atoms with van der Waals surface area (Å²) >= 11 is 0. The number of hydrogen-bond donors (Lipinski definition) is 0. The van der Waals surface area contributed by atoms with E-state index in [1.807, 2.05) is 30.3 Å². The first-order valence-corrected chi connectivity index (χ1v) is 12.7. The first-order chi connectivity index (χ1) is 19.5. The maximum absolute atomic E-state index is 13.7. The molecule has 2 aromatic heterocycles. The number of pyridine rings is 1. The molecule has 1 saturated heterocycles. The number of ether oxygens (including phenoxy) is 1. The minimum atomic E-state index is -0.983. The number of fused-ring (bicyclic) bond motifs is 1. The number of benzene rings is 3. The van der Waals surface area contributed by atoms with Crippen LogP contribution in [0.25, 0.3) is 22.6 Å². The number of imide groups is 1. The van der Waals surface area contributed by atoms with E-state index in [9.17, 15) is 14.4 Å². The highest BCUT2D eigenvalue weighted by molar-refractivity contribution is 6.23. The molecule has 198 valence electrons. The van der Waals surface area contributed by atoms with E-state index in [4.69, 9.17) is 9.15 Å². The van der Waals surface area contributed by atoms with Gasteiger partial charge in [0.05, 0.1) is 19.2 Å². The summed E-state index contributed by atoms with van der Waals surface area (Å²) in [6.45, 7) is 0.109. The van der Waals surface area contributed by atoms with Gasteiger partial charge in [0.1, 0.15) is 17.3 Å². The minimum Gasteiger partial charge on any atom is -0.497 e. The average molecular weight is 533 g/mol. The Morgan fingerprint density at radius 3 is 2.60 bits per heavy atom. The van der Waals surface area contributed by atoms with Crippen LogP contribution < -0.4 is 9.64 Å². The second-order valence-corrected chi connectivity index (χ2v) is 9.35. The number of carbonyl (C=O) groups excluding carboxylic acids is 3. The van der Waals surface area contributed by atoms with Gasteiger partial charge in [-0.1, -0.05) is 24.3 Å². The summed E-state index contributed by atoms with van der Waals surface area (Å²) in [6.07, 6.45) is 3.13. The molecule has 0 bridgehead atoms. The third kappa shape index (κ3) is 4.69. The molecule has 1 unspecified atom stereocenters. The number of aromatic nitrogens is 2. The van der Waals surface area contributed by atoms with Gasteiger partial charge in [-0.05, 0) is 66.2 Å².